The Hall–Kier alpha value is -3.62. The third-order valence-electron chi connectivity index (χ3n) is 7.09. The fourth-order valence-corrected chi connectivity index (χ4v) is 4.81. The molecule has 5 heteroatoms. The Balaban J connectivity index is 1.51. The van der Waals surface area contributed by atoms with Gasteiger partial charge in [-0.15, -0.1) is 0 Å². The first-order valence-corrected chi connectivity index (χ1v) is 13.0. The van der Waals surface area contributed by atoms with Crippen molar-refractivity contribution in [3.8, 4) is 0 Å². The van der Waals surface area contributed by atoms with Gasteiger partial charge in [0.25, 0.3) is 0 Å². The number of rotatable bonds is 10. The second kappa shape index (κ2) is 12.4. The Morgan fingerprint density at radius 1 is 1.03 bits per heavy atom. The molecule has 5 nitrogen and oxygen atoms in total. The van der Waals surface area contributed by atoms with E-state index in [1.54, 1.807) is 0 Å². The smallest absolute Gasteiger partial charge is 0.322 e. The summed E-state index contributed by atoms with van der Waals surface area (Å²) in [6.07, 6.45) is 6.77. The van der Waals surface area contributed by atoms with Crippen molar-refractivity contribution >= 4 is 17.6 Å². The molecule has 1 heterocycles. The summed E-state index contributed by atoms with van der Waals surface area (Å²) in [7, 11) is 0. The molecule has 186 valence electrons. The summed E-state index contributed by atoms with van der Waals surface area (Å²) in [6, 6.07) is 18.5. The number of hydrogen-bond donors (Lipinski definition) is 1. The number of amides is 2. The molecule has 0 fully saturated rings. The molecular weight excluding hydrogens is 444 g/mol. The van der Waals surface area contributed by atoms with Crippen molar-refractivity contribution in [1.29, 1.82) is 0 Å². The van der Waals surface area contributed by atoms with Gasteiger partial charge in [-0.1, -0.05) is 86.8 Å². The number of nitrogens with zero attached hydrogens (tertiary/aromatic N) is 3. The Morgan fingerprint density at radius 3 is 2.47 bits per heavy atom. The lowest BCUT2D eigenvalue weighted by Gasteiger charge is -2.29. The van der Waals surface area contributed by atoms with Crippen LogP contribution in [0, 0.1) is 0 Å². The van der Waals surface area contributed by atoms with Crippen molar-refractivity contribution in [2.45, 2.75) is 39.0 Å². The zero-order chi connectivity index (χ0) is 25.3. The second-order valence-corrected chi connectivity index (χ2v) is 9.22. The summed E-state index contributed by atoms with van der Waals surface area (Å²) in [5.74, 6) is 0.931. The molecule has 1 aliphatic carbocycles. The Kier molecular flexibility index (Phi) is 8.76. The van der Waals surface area contributed by atoms with E-state index in [0.29, 0.717) is 13.1 Å². The Bertz CT molecular complexity index is 1210. The zero-order valence-corrected chi connectivity index (χ0v) is 21.6. The molecule has 36 heavy (non-hydrogen) atoms. The predicted molar refractivity (Wildman–Crippen MR) is 148 cm³/mol. The van der Waals surface area contributed by atoms with Gasteiger partial charge in [-0.3, -0.25) is 5.32 Å². The van der Waals surface area contributed by atoms with E-state index in [1.165, 1.54) is 5.56 Å². The van der Waals surface area contributed by atoms with Gasteiger partial charge in [0.2, 0.25) is 0 Å². The van der Waals surface area contributed by atoms with Gasteiger partial charge in [-0.25, -0.2) is 9.79 Å². The van der Waals surface area contributed by atoms with E-state index in [-0.39, 0.29) is 17.9 Å². The molecule has 1 N–H and O–H groups in total. The number of carbonyl (C=O) groups excluding carboxylic acids is 1. The summed E-state index contributed by atoms with van der Waals surface area (Å²) < 4.78 is 0. The zero-order valence-electron chi connectivity index (χ0n) is 21.6. The van der Waals surface area contributed by atoms with Gasteiger partial charge in [-0.05, 0) is 48.9 Å². The fraction of sp³-hybridized carbons (Fsp3) is 0.355. The average Bonchev–Trinajstić information content (AvgIpc) is 3.24. The van der Waals surface area contributed by atoms with Gasteiger partial charge in [0.1, 0.15) is 5.84 Å². The van der Waals surface area contributed by atoms with E-state index in [4.69, 9.17) is 4.99 Å². The van der Waals surface area contributed by atoms with Crippen molar-refractivity contribution in [2.24, 2.45) is 4.99 Å². The SMILES string of the molecule is CCN(CC)CCN(CCC(C1=C=C=CC=C1)c1ccccc1)C(=O)NC1=Nc2ccccc2[C@H]1C. The maximum absolute atomic E-state index is 13.6. The summed E-state index contributed by atoms with van der Waals surface area (Å²) in [5, 5.41) is 3.14. The molecule has 2 amide bonds. The highest BCUT2D eigenvalue weighted by Crippen LogP contribution is 2.34. The number of urea groups is 1. The summed E-state index contributed by atoms with van der Waals surface area (Å²) in [5.41, 5.74) is 10.8. The molecule has 0 aromatic heterocycles. The molecule has 0 radical (unpaired) electrons. The van der Waals surface area contributed by atoms with Crippen LogP contribution in [0.4, 0.5) is 10.5 Å². The molecule has 2 aliphatic rings. The van der Waals surface area contributed by atoms with Crippen LogP contribution < -0.4 is 5.32 Å². The highest BCUT2D eigenvalue weighted by Gasteiger charge is 2.27. The van der Waals surface area contributed by atoms with Gasteiger partial charge < -0.3 is 9.80 Å². The maximum atomic E-state index is 13.6. The van der Waals surface area contributed by atoms with E-state index in [9.17, 15) is 4.79 Å². The number of fused-ring (bicyclic) bond motifs is 1. The molecule has 2 aromatic rings. The van der Waals surface area contributed by atoms with E-state index in [1.807, 2.05) is 41.3 Å². The normalized spacial score (nSPS) is 16.5. The molecule has 2 aromatic carbocycles. The highest BCUT2D eigenvalue weighted by atomic mass is 16.2. The highest BCUT2D eigenvalue weighted by molar-refractivity contribution is 6.05. The first kappa shape index (κ1) is 25.5. The predicted octanol–water partition coefficient (Wildman–Crippen LogP) is 6.17. The number of amidine groups is 1. The number of hydrogen-bond acceptors (Lipinski definition) is 3. The monoisotopic (exact) mass is 480 g/mol. The number of para-hydroxylation sites is 1. The lowest BCUT2D eigenvalue weighted by atomic mass is 9.87. The van der Waals surface area contributed by atoms with Crippen LogP contribution in [0.5, 0.6) is 0 Å². The third-order valence-corrected chi connectivity index (χ3v) is 7.09. The van der Waals surface area contributed by atoms with Crippen LogP contribution in [0.3, 0.4) is 0 Å². The van der Waals surface area contributed by atoms with Crippen LogP contribution in [0.1, 0.15) is 50.2 Å². The van der Waals surface area contributed by atoms with E-state index in [0.717, 1.165) is 48.7 Å². The maximum Gasteiger partial charge on any atom is 0.322 e. The molecule has 0 bridgehead atoms. The quantitative estimate of drug-likeness (QED) is 0.414. The van der Waals surface area contributed by atoms with Gasteiger partial charge in [0.15, 0.2) is 0 Å². The Labute approximate surface area is 215 Å². The first-order valence-electron chi connectivity index (χ1n) is 13.0. The van der Waals surface area contributed by atoms with Crippen LogP contribution in [-0.2, 0) is 0 Å². The second-order valence-electron chi connectivity index (χ2n) is 9.22. The molecule has 0 spiro atoms. The number of allylic oxidation sites excluding steroid dienone is 4. The topological polar surface area (TPSA) is 47.9 Å². The van der Waals surface area contributed by atoms with Crippen molar-refractivity contribution in [3.63, 3.8) is 0 Å². The number of nitrogens with one attached hydrogen (secondary N) is 1. The third kappa shape index (κ3) is 6.13. The van der Waals surface area contributed by atoms with Crippen LogP contribution in [0.2, 0.25) is 0 Å². The van der Waals surface area contributed by atoms with Gasteiger partial charge in [0, 0.05) is 37.0 Å². The number of aliphatic imine (C=N–C) groups is 1. The van der Waals surface area contributed by atoms with Crippen molar-refractivity contribution in [1.82, 2.24) is 15.1 Å². The molecule has 4 rings (SSSR count). The minimum atomic E-state index is -0.0871. The largest absolute Gasteiger partial charge is 0.323 e. The molecule has 0 saturated carbocycles. The summed E-state index contributed by atoms with van der Waals surface area (Å²) in [6.45, 7) is 10.5. The van der Waals surface area contributed by atoms with E-state index in [2.05, 4.69) is 78.9 Å². The summed E-state index contributed by atoms with van der Waals surface area (Å²) in [4.78, 5) is 22.6. The van der Waals surface area contributed by atoms with Crippen LogP contribution in [-0.4, -0.2) is 54.4 Å². The molecule has 1 unspecified atom stereocenters. The van der Waals surface area contributed by atoms with Crippen LogP contribution >= 0.6 is 0 Å². The van der Waals surface area contributed by atoms with Gasteiger partial charge >= 0.3 is 6.03 Å². The van der Waals surface area contributed by atoms with E-state index < -0.39 is 0 Å². The standard InChI is InChI=1S/C31H36N4O/c1-4-34(5-2)22-23-35(31(36)33-30-24(3)27-18-12-13-19-29(27)32-30)21-20-28(25-14-8-6-9-15-25)26-16-10-7-11-17-26/h6-10,12-16,18-19,24,28H,4-5,20-23H2,1-3H3,(H,32,33,36)/t24-,28?/m1/s1. The van der Waals surface area contributed by atoms with E-state index >= 15 is 0 Å². The number of likely N-dealkylation sites (N-methyl/N-ethyl adjacent to an activating group) is 1. The van der Waals surface area contributed by atoms with Gasteiger partial charge in [-0.2, -0.15) is 0 Å². The molecule has 0 saturated heterocycles. The van der Waals surface area contributed by atoms with Crippen molar-refractivity contribution in [2.75, 3.05) is 32.7 Å². The Morgan fingerprint density at radius 2 is 1.78 bits per heavy atom. The lowest BCUT2D eigenvalue weighted by molar-refractivity contribution is 0.188. The minimum absolute atomic E-state index is 0.0707. The summed E-state index contributed by atoms with van der Waals surface area (Å²) >= 11 is 0. The average molecular weight is 481 g/mol. The number of benzene rings is 2. The van der Waals surface area contributed by atoms with Gasteiger partial charge in [0.05, 0.1) is 5.69 Å². The van der Waals surface area contributed by atoms with Crippen LogP contribution in [0.25, 0.3) is 0 Å². The minimum Gasteiger partial charge on any atom is -0.323 e. The van der Waals surface area contributed by atoms with Crippen molar-refractivity contribution < 1.29 is 4.79 Å². The molecule has 1 aliphatic heterocycles. The first-order chi connectivity index (χ1) is 17.6. The molecular formula is C31H36N4O. The van der Waals surface area contributed by atoms with Crippen LogP contribution in [0.15, 0.2) is 94.9 Å². The lowest BCUT2D eigenvalue weighted by Crippen LogP contribution is -2.47. The van der Waals surface area contributed by atoms with Crippen molar-refractivity contribution in [3.05, 3.63) is 101 Å². The fourth-order valence-electron chi connectivity index (χ4n) is 4.81. The molecule has 2 atom stereocenters. The number of carbonyl (C=O) groups is 1.